The molecule has 0 aromatic heterocycles. The number of carbonyl (C=O) groups excluding carboxylic acids is 16. The number of amides is 15. The molecule has 130 heavy (non-hydrogen) atoms. The highest BCUT2D eigenvalue weighted by molar-refractivity contribution is 6.01. The number of unbranched alkanes of at least 4 members (excludes halogenated alkanes) is 15. The number of carbonyl (C=O) groups is 16. The number of esters is 1. The highest BCUT2D eigenvalue weighted by Crippen LogP contribution is 2.20. The van der Waals surface area contributed by atoms with Gasteiger partial charge < -0.3 is 88.8 Å². The molecule has 14 N–H and O–H groups in total. The number of alkyl carbamates (subject to hydrolysis) is 1. The lowest BCUT2D eigenvalue weighted by Crippen LogP contribution is -2.61. The molecule has 0 fully saturated rings. The van der Waals surface area contributed by atoms with Crippen LogP contribution in [0.15, 0.2) is 0 Å². The SMILES string of the molecule is CCCC[C@H](NC(=O)OC(C)(C)C)C(=O)N[C@H](CCCC)C(=O)N[C@@H](CCCC)C(=O)N[C@H](CCCC)C(=O)N[C@@H](CCCC)C(=O)N[C@H](CCCC)C(=O)N[C@@H](CCCC)C(=O)N[C@H](CCCC)C(=O)N[C@@H](CCCC)C(=O)N[C@H](CCCC)C(=O)N[C@@H](CCCC)C(=O)N(C)[C@H](CCCC)C(=O)N[C@@H](CCCC)C(=O)N[C@H](CCCC)C(=O)N[C@@H](CCCC)C(=O)OC. The largest absolute Gasteiger partial charge is 0.467 e. The first-order chi connectivity index (χ1) is 62.0. The predicted octanol–water partition coefficient (Wildman–Crippen LogP) is 12.0. The second kappa shape index (κ2) is 71.9. The van der Waals surface area contributed by atoms with Crippen molar-refractivity contribution in [2.45, 2.75) is 510 Å². The maximum absolute atomic E-state index is 15.0. The van der Waals surface area contributed by atoms with Crippen molar-refractivity contribution in [3.63, 3.8) is 0 Å². The minimum Gasteiger partial charge on any atom is -0.467 e. The maximum Gasteiger partial charge on any atom is 0.408 e. The summed E-state index contributed by atoms with van der Waals surface area (Å²) in [5.74, 6) is -9.50. The molecule has 33 heteroatoms. The molecule has 0 aromatic carbocycles. The van der Waals surface area contributed by atoms with E-state index in [0.29, 0.717) is 186 Å². The van der Waals surface area contributed by atoms with Crippen LogP contribution in [0.5, 0.6) is 0 Å². The van der Waals surface area contributed by atoms with Crippen LogP contribution in [0.25, 0.3) is 0 Å². The number of likely N-dealkylation sites (N-methyl/N-ethyl adjacent to an activating group) is 1. The number of ether oxygens (including phenoxy) is 2. The molecule has 0 spiro atoms. The third-order valence-corrected chi connectivity index (χ3v) is 23.2. The van der Waals surface area contributed by atoms with Crippen LogP contribution < -0.4 is 74.4 Å². The van der Waals surface area contributed by atoms with Gasteiger partial charge in [-0.1, -0.05) is 296 Å². The van der Waals surface area contributed by atoms with E-state index in [1.807, 2.05) is 104 Å². The highest BCUT2D eigenvalue weighted by atomic mass is 16.6. The Hall–Kier alpha value is -8.68. The van der Waals surface area contributed by atoms with Gasteiger partial charge in [0.1, 0.15) is 96.2 Å². The fraction of sp³-hybridized carbons (Fsp3) is 0.835. The van der Waals surface area contributed by atoms with E-state index in [4.69, 9.17) is 9.47 Å². The monoisotopic (exact) mass is 1840 g/mol. The number of rotatable bonds is 75. The number of nitrogens with zero attached hydrogens (tertiary/aromatic N) is 1. The fourth-order valence-corrected chi connectivity index (χ4v) is 14.9. The van der Waals surface area contributed by atoms with Gasteiger partial charge in [0.2, 0.25) is 82.7 Å². The van der Waals surface area contributed by atoms with Crippen molar-refractivity contribution in [3.8, 4) is 0 Å². The molecule has 0 saturated carbocycles. The minimum atomic E-state index is -1.21. The summed E-state index contributed by atoms with van der Waals surface area (Å²) in [6.45, 7) is 34.1. The zero-order valence-electron chi connectivity index (χ0n) is 83.8. The molecule has 33 nitrogen and oxygen atoms in total. The molecule has 15 amide bonds. The second-order valence-corrected chi connectivity index (χ2v) is 36.1. The van der Waals surface area contributed by atoms with Gasteiger partial charge in [-0.2, -0.15) is 0 Å². The summed E-state index contributed by atoms with van der Waals surface area (Å²) >= 11 is 0. The first kappa shape index (κ1) is 121. The Morgan fingerprint density at radius 3 is 0.538 bits per heavy atom. The van der Waals surface area contributed by atoms with Crippen LogP contribution in [0.3, 0.4) is 0 Å². The van der Waals surface area contributed by atoms with E-state index in [1.54, 1.807) is 20.8 Å². The van der Waals surface area contributed by atoms with E-state index in [9.17, 15) is 71.9 Å². The summed E-state index contributed by atoms with van der Waals surface area (Å²) in [5, 5.41) is 40.1. The third-order valence-electron chi connectivity index (χ3n) is 23.2. The van der Waals surface area contributed by atoms with Crippen molar-refractivity contribution in [1.82, 2.24) is 79.3 Å². The molecule has 0 aliphatic rings. The van der Waals surface area contributed by atoms with Gasteiger partial charge in [0, 0.05) is 7.05 Å². The van der Waals surface area contributed by atoms with Gasteiger partial charge >= 0.3 is 12.1 Å². The predicted molar refractivity (Wildman–Crippen MR) is 510 cm³/mol. The average Bonchev–Trinajstić information content (AvgIpc) is 0.836. The number of hydrogen-bond donors (Lipinski definition) is 14. The standard InChI is InChI=1S/C97H179N15O18/c1-21-36-51-66(98-82(114)67(52-37-22-2)100-84(116)69(54-39-24-4)102-86(118)71(56-41-26-6)104-88(120)73(58-43-28-8)107-92(124)77(62-47-32-12)111-96(128)130-97(16,17)18)81(113)99-68(53-38-23-3)83(115)101-70(55-40-25-5)85(117)103-72(57-42-27-7)87(119)105-74(59-44-29-9)90(122)109-78(63-48-33-13)94(126)112(19)80(65-50-35-15)93(125)108-76(61-46-31-11)89(121)106-75(60-45-30-10)91(123)110-79(64-49-34-14)95(127)129-20/h66-80H,21-65H2,1-20H3,(H,98,114)(H,99,113)(H,100,116)(H,101,115)(H,102,118)(H,103,117)(H,104,120)(H,105,119)(H,106,121)(H,107,124)(H,108,125)(H,109,122)(H,110,123)(H,111,128)/t66-,67+,68+,69-,70-,71+,72+,73-,74-,75-,76+,77+,78+,79+,80-/m1/s1. The molecule has 750 valence electrons. The van der Waals surface area contributed by atoms with Gasteiger partial charge in [-0.15, -0.1) is 0 Å². The Kier molecular flexibility index (Phi) is 67.1. The Morgan fingerprint density at radius 2 is 0.362 bits per heavy atom. The van der Waals surface area contributed by atoms with Gasteiger partial charge in [0.05, 0.1) is 7.11 Å². The van der Waals surface area contributed by atoms with Crippen molar-refractivity contribution in [1.29, 1.82) is 0 Å². The van der Waals surface area contributed by atoms with Crippen molar-refractivity contribution in [3.05, 3.63) is 0 Å². The molecule has 0 heterocycles. The lowest BCUT2D eigenvalue weighted by Gasteiger charge is -2.33. The molecular weight excluding hydrogens is 1660 g/mol. The van der Waals surface area contributed by atoms with Crippen molar-refractivity contribution in [2.24, 2.45) is 0 Å². The van der Waals surface area contributed by atoms with Crippen LogP contribution in [0.4, 0.5) is 4.79 Å². The number of hydrogen-bond acceptors (Lipinski definition) is 18. The van der Waals surface area contributed by atoms with E-state index < -0.39 is 191 Å². The zero-order chi connectivity index (χ0) is 98.1. The Bertz CT molecular complexity index is 3320. The molecule has 0 bridgehead atoms. The quantitative estimate of drug-likeness (QED) is 0.0252. The van der Waals surface area contributed by atoms with E-state index >= 15 is 4.79 Å². The van der Waals surface area contributed by atoms with Gasteiger partial charge in [-0.3, -0.25) is 67.1 Å². The third kappa shape index (κ3) is 50.3. The van der Waals surface area contributed by atoms with Gasteiger partial charge in [0.15, 0.2) is 0 Å². The van der Waals surface area contributed by atoms with E-state index in [-0.39, 0.29) is 89.9 Å². The van der Waals surface area contributed by atoms with E-state index in [0.717, 1.165) is 12.8 Å². The molecule has 15 atom stereocenters. The van der Waals surface area contributed by atoms with Crippen LogP contribution in [0.1, 0.15) is 414 Å². The Morgan fingerprint density at radius 1 is 0.215 bits per heavy atom. The lowest BCUT2D eigenvalue weighted by molar-refractivity contribution is -0.145. The van der Waals surface area contributed by atoms with Crippen LogP contribution >= 0.6 is 0 Å². The zero-order valence-corrected chi connectivity index (χ0v) is 83.8. The molecule has 0 saturated heterocycles. The normalized spacial score (nSPS) is 14.8. The first-order valence-corrected chi connectivity index (χ1v) is 50.3. The first-order valence-electron chi connectivity index (χ1n) is 50.3. The molecule has 0 aliphatic heterocycles. The topological polar surface area (TPSA) is 463 Å². The van der Waals surface area contributed by atoms with Crippen LogP contribution in [-0.4, -0.2) is 210 Å². The average molecular weight is 1840 g/mol. The summed E-state index contributed by atoms with van der Waals surface area (Å²) in [7, 11) is 2.73. The van der Waals surface area contributed by atoms with Crippen LogP contribution in [-0.2, 0) is 81.4 Å². The van der Waals surface area contributed by atoms with E-state index in [1.165, 1.54) is 19.1 Å². The summed E-state index contributed by atoms with van der Waals surface area (Å²) in [6, 6.07) is -16.9. The fourth-order valence-electron chi connectivity index (χ4n) is 14.9. The summed E-state index contributed by atoms with van der Waals surface area (Å²) in [6.07, 6.45) is 19.9. The van der Waals surface area contributed by atoms with Crippen LogP contribution in [0.2, 0.25) is 0 Å². The summed E-state index contributed by atoms with van der Waals surface area (Å²) in [5.41, 5.74) is -0.831. The Balaban J connectivity index is 7.28. The molecule has 0 aromatic rings. The van der Waals surface area contributed by atoms with Crippen molar-refractivity contribution < 1.29 is 86.2 Å². The smallest absolute Gasteiger partial charge is 0.408 e. The Labute approximate surface area is 780 Å². The number of methoxy groups -OCH3 is 1. The molecule has 0 radical (unpaired) electrons. The van der Waals surface area contributed by atoms with Crippen LogP contribution in [0, 0.1) is 0 Å². The minimum absolute atomic E-state index is 0.141. The van der Waals surface area contributed by atoms with Gasteiger partial charge in [-0.25, -0.2) is 9.59 Å². The van der Waals surface area contributed by atoms with Gasteiger partial charge in [0.25, 0.3) is 0 Å². The highest BCUT2D eigenvalue weighted by Gasteiger charge is 2.40. The second-order valence-electron chi connectivity index (χ2n) is 36.1. The molecule has 0 unspecified atom stereocenters. The molecular formula is C97H179N15O18. The lowest BCUT2D eigenvalue weighted by atomic mass is 10.0. The summed E-state index contributed by atoms with van der Waals surface area (Å²) < 4.78 is 10.4. The van der Waals surface area contributed by atoms with Crippen molar-refractivity contribution in [2.75, 3.05) is 14.2 Å². The number of nitrogens with one attached hydrogen (secondary N) is 14. The molecule has 0 aliphatic carbocycles. The maximum atomic E-state index is 15.0. The van der Waals surface area contributed by atoms with Crippen molar-refractivity contribution >= 4 is 94.8 Å². The molecule has 0 rings (SSSR count). The summed E-state index contributed by atoms with van der Waals surface area (Å²) in [4.78, 5) is 231. The van der Waals surface area contributed by atoms with Gasteiger partial charge in [-0.05, 0) is 117 Å². The van der Waals surface area contributed by atoms with E-state index in [2.05, 4.69) is 74.4 Å².